The van der Waals surface area contributed by atoms with Crippen molar-refractivity contribution in [2.24, 2.45) is 0 Å². The van der Waals surface area contributed by atoms with Crippen molar-refractivity contribution < 1.29 is 0 Å². The first-order valence-electron chi connectivity index (χ1n) is 6.82. The highest BCUT2D eigenvalue weighted by Crippen LogP contribution is 2.17. The molecule has 19 heavy (non-hydrogen) atoms. The van der Waals surface area contributed by atoms with Crippen LogP contribution in [-0.2, 0) is 13.1 Å². The predicted molar refractivity (Wildman–Crippen MR) is 78.2 cm³/mol. The van der Waals surface area contributed by atoms with Crippen LogP contribution in [0, 0.1) is 0 Å². The van der Waals surface area contributed by atoms with Crippen LogP contribution < -0.4 is 5.32 Å². The molecule has 0 saturated heterocycles. The van der Waals surface area contributed by atoms with E-state index in [0.29, 0.717) is 6.04 Å². The molecule has 2 aromatic heterocycles. The lowest BCUT2D eigenvalue weighted by Crippen LogP contribution is -2.38. The number of nitrogens with one attached hydrogen (secondary N) is 1. The molecule has 0 aromatic carbocycles. The Morgan fingerprint density at radius 2 is 2.42 bits per heavy atom. The Bertz CT molecular complexity index is 505. The zero-order valence-corrected chi connectivity index (χ0v) is 12.1. The summed E-state index contributed by atoms with van der Waals surface area (Å²) in [6, 6.07) is 4.76. The van der Waals surface area contributed by atoms with Crippen molar-refractivity contribution >= 4 is 11.3 Å². The van der Waals surface area contributed by atoms with E-state index in [-0.39, 0.29) is 0 Å². The summed E-state index contributed by atoms with van der Waals surface area (Å²) in [6.45, 7) is 7.51. The van der Waals surface area contributed by atoms with E-state index in [4.69, 9.17) is 0 Å². The largest absolute Gasteiger partial charge is 0.333 e. The molecule has 4 nitrogen and oxygen atoms in total. The summed E-state index contributed by atoms with van der Waals surface area (Å²) < 4.78 is 2.25. The molecule has 1 unspecified atom stereocenters. The SMILES string of the molecule is CC(NCCN1CCn2ccnc2C1)c1cccs1. The van der Waals surface area contributed by atoms with Gasteiger partial charge in [-0.15, -0.1) is 11.3 Å². The minimum Gasteiger partial charge on any atom is -0.333 e. The maximum atomic E-state index is 4.39. The maximum absolute atomic E-state index is 4.39. The Balaban J connectivity index is 1.44. The van der Waals surface area contributed by atoms with Gasteiger partial charge in [0.2, 0.25) is 0 Å². The molecule has 0 bridgehead atoms. The van der Waals surface area contributed by atoms with E-state index in [2.05, 4.69) is 50.4 Å². The topological polar surface area (TPSA) is 33.1 Å². The van der Waals surface area contributed by atoms with Crippen molar-refractivity contribution in [3.63, 3.8) is 0 Å². The van der Waals surface area contributed by atoms with Gasteiger partial charge in [0.05, 0.1) is 6.54 Å². The number of imidazole rings is 1. The molecule has 0 aliphatic carbocycles. The number of hydrogen-bond acceptors (Lipinski definition) is 4. The fourth-order valence-electron chi connectivity index (χ4n) is 2.49. The van der Waals surface area contributed by atoms with Crippen LogP contribution in [0.3, 0.4) is 0 Å². The van der Waals surface area contributed by atoms with Crippen LogP contribution in [0.5, 0.6) is 0 Å². The van der Waals surface area contributed by atoms with Gasteiger partial charge in [0, 0.05) is 49.5 Å². The summed E-state index contributed by atoms with van der Waals surface area (Å²) in [7, 11) is 0. The Hall–Kier alpha value is -1.17. The van der Waals surface area contributed by atoms with E-state index in [1.807, 2.05) is 17.5 Å². The number of rotatable bonds is 5. The summed E-state index contributed by atoms with van der Waals surface area (Å²) in [5.41, 5.74) is 0. The van der Waals surface area contributed by atoms with Crippen LogP contribution in [0.25, 0.3) is 0 Å². The van der Waals surface area contributed by atoms with Gasteiger partial charge < -0.3 is 9.88 Å². The summed E-state index contributed by atoms with van der Waals surface area (Å²) >= 11 is 1.82. The molecule has 1 atom stereocenters. The number of nitrogens with zero attached hydrogens (tertiary/aromatic N) is 3. The molecule has 0 radical (unpaired) electrons. The molecule has 0 fully saturated rings. The summed E-state index contributed by atoms with van der Waals surface area (Å²) in [6.07, 6.45) is 3.97. The second-order valence-corrected chi connectivity index (χ2v) is 5.98. The molecule has 0 spiro atoms. The van der Waals surface area contributed by atoms with E-state index in [9.17, 15) is 0 Å². The highest BCUT2D eigenvalue weighted by molar-refractivity contribution is 7.10. The third-order valence-electron chi connectivity index (χ3n) is 3.67. The molecule has 3 rings (SSSR count). The van der Waals surface area contributed by atoms with Gasteiger partial charge in [0.1, 0.15) is 5.82 Å². The van der Waals surface area contributed by atoms with E-state index in [1.165, 1.54) is 10.7 Å². The maximum Gasteiger partial charge on any atom is 0.122 e. The molecule has 5 heteroatoms. The zero-order chi connectivity index (χ0) is 13.1. The Morgan fingerprint density at radius 1 is 1.47 bits per heavy atom. The van der Waals surface area contributed by atoms with Crippen LogP contribution in [0.15, 0.2) is 29.9 Å². The second kappa shape index (κ2) is 5.86. The lowest BCUT2D eigenvalue weighted by Gasteiger charge is -2.28. The van der Waals surface area contributed by atoms with Crippen molar-refractivity contribution in [3.8, 4) is 0 Å². The van der Waals surface area contributed by atoms with Gasteiger partial charge in [0.15, 0.2) is 0 Å². The quantitative estimate of drug-likeness (QED) is 0.908. The molecule has 2 aromatic rings. The van der Waals surface area contributed by atoms with Crippen LogP contribution in [0.4, 0.5) is 0 Å². The fourth-order valence-corrected chi connectivity index (χ4v) is 3.25. The molecular formula is C14H20N4S. The standard InChI is InChI=1S/C14H20N4S/c1-12(13-3-2-10-19-13)15-4-6-17-8-9-18-7-5-16-14(18)11-17/h2-3,5,7,10,12,15H,4,6,8-9,11H2,1H3. The summed E-state index contributed by atoms with van der Waals surface area (Å²) in [5, 5.41) is 5.73. The minimum atomic E-state index is 0.451. The Morgan fingerprint density at radius 3 is 3.26 bits per heavy atom. The summed E-state index contributed by atoms with van der Waals surface area (Å²) in [5.74, 6) is 1.19. The van der Waals surface area contributed by atoms with Crippen molar-refractivity contribution in [1.82, 2.24) is 19.8 Å². The molecule has 102 valence electrons. The first-order chi connectivity index (χ1) is 9.33. The fraction of sp³-hybridized carbons (Fsp3) is 0.500. The molecule has 1 aliphatic heterocycles. The Kier molecular flexibility index (Phi) is 3.96. The van der Waals surface area contributed by atoms with Crippen molar-refractivity contribution in [3.05, 3.63) is 40.6 Å². The van der Waals surface area contributed by atoms with Gasteiger partial charge in [-0.25, -0.2) is 4.98 Å². The number of hydrogen-bond donors (Lipinski definition) is 1. The lowest BCUT2D eigenvalue weighted by atomic mass is 10.2. The number of fused-ring (bicyclic) bond motifs is 1. The minimum absolute atomic E-state index is 0.451. The smallest absolute Gasteiger partial charge is 0.122 e. The number of aromatic nitrogens is 2. The van der Waals surface area contributed by atoms with Gasteiger partial charge >= 0.3 is 0 Å². The highest BCUT2D eigenvalue weighted by Gasteiger charge is 2.16. The van der Waals surface area contributed by atoms with E-state index >= 15 is 0 Å². The van der Waals surface area contributed by atoms with Gasteiger partial charge in [-0.2, -0.15) is 0 Å². The van der Waals surface area contributed by atoms with Crippen molar-refractivity contribution in [1.29, 1.82) is 0 Å². The molecule has 1 N–H and O–H groups in total. The average Bonchev–Trinajstić information content (AvgIpc) is 3.09. The van der Waals surface area contributed by atoms with Crippen molar-refractivity contribution in [2.45, 2.75) is 26.1 Å². The second-order valence-electron chi connectivity index (χ2n) is 5.00. The van der Waals surface area contributed by atoms with Crippen LogP contribution in [-0.4, -0.2) is 34.1 Å². The lowest BCUT2D eigenvalue weighted by molar-refractivity contribution is 0.215. The molecule has 1 aliphatic rings. The Labute approximate surface area is 118 Å². The molecular weight excluding hydrogens is 256 g/mol. The molecule has 0 amide bonds. The van der Waals surface area contributed by atoms with Gasteiger partial charge in [-0.3, -0.25) is 4.90 Å². The van der Waals surface area contributed by atoms with Crippen LogP contribution in [0.2, 0.25) is 0 Å². The van der Waals surface area contributed by atoms with Gasteiger partial charge in [-0.1, -0.05) is 6.07 Å². The highest BCUT2D eigenvalue weighted by atomic mass is 32.1. The zero-order valence-electron chi connectivity index (χ0n) is 11.2. The van der Waals surface area contributed by atoms with Crippen LogP contribution in [0.1, 0.15) is 23.7 Å². The third-order valence-corrected chi connectivity index (χ3v) is 4.73. The molecule has 3 heterocycles. The monoisotopic (exact) mass is 276 g/mol. The first kappa shape index (κ1) is 12.8. The van der Waals surface area contributed by atoms with Crippen LogP contribution >= 0.6 is 11.3 Å². The van der Waals surface area contributed by atoms with E-state index < -0.39 is 0 Å². The van der Waals surface area contributed by atoms with E-state index in [1.54, 1.807) is 0 Å². The summed E-state index contributed by atoms with van der Waals surface area (Å²) in [4.78, 5) is 8.27. The van der Waals surface area contributed by atoms with E-state index in [0.717, 1.165) is 32.7 Å². The first-order valence-corrected chi connectivity index (χ1v) is 7.70. The van der Waals surface area contributed by atoms with Gasteiger partial charge in [0.25, 0.3) is 0 Å². The average molecular weight is 276 g/mol. The van der Waals surface area contributed by atoms with Crippen molar-refractivity contribution in [2.75, 3.05) is 19.6 Å². The number of thiophene rings is 1. The molecule has 0 saturated carbocycles. The van der Waals surface area contributed by atoms with Gasteiger partial charge in [-0.05, 0) is 18.4 Å². The normalized spacial score (nSPS) is 17.3. The predicted octanol–water partition coefficient (Wildman–Crippen LogP) is 2.11. The third kappa shape index (κ3) is 3.05.